The van der Waals surface area contributed by atoms with Gasteiger partial charge in [0.1, 0.15) is 11.5 Å². The molecule has 2 nitrogen and oxygen atoms in total. The highest BCUT2D eigenvalue weighted by Crippen LogP contribution is 2.37. The van der Waals surface area contributed by atoms with Gasteiger partial charge in [0.25, 0.3) is 0 Å². The summed E-state index contributed by atoms with van der Waals surface area (Å²) in [6.45, 7) is 0. The number of ketones is 1. The summed E-state index contributed by atoms with van der Waals surface area (Å²) >= 11 is 0. The van der Waals surface area contributed by atoms with Crippen molar-refractivity contribution in [3.8, 4) is 5.75 Å². The summed E-state index contributed by atoms with van der Waals surface area (Å²) in [6.07, 6.45) is 6.11. The lowest BCUT2D eigenvalue weighted by molar-refractivity contribution is -0.122. The molecule has 0 radical (unpaired) electrons. The monoisotopic (exact) mass is 230 g/mol. The molecule has 0 amide bonds. The molecule has 1 saturated carbocycles. The van der Waals surface area contributed by atoms with E-state index in [9.17, 15) is 9.90 Å². The number of phenolic OH excluding ortho intramolecular Hbond substituents is 1. The number of aryl methyl sites for hydroxylation is 1. The van der Waals surface area contributed by atoms with E-state index in [-0.39, 0.29) is 0 Å². The fourth-order valence-electron chi connectivity index (χ4n) is 3.45. The first-order chi connectivity index (χ1) is 8.24. The molecular formula is C15H18O2. The van der Waals surface area contributed by atoms with Gasteiger partial charge < -0.3 is 5.11 Å². The third kappa shape index (κ3) is 1.97. The van der Waals surface area contributed by atoms with E-state index < -0.39 is 0 Å². The molecule has 2 aliphatic rings. The minimum absolute atomic E-state index is 0.317. The van der Waals surface area contributed by atoms with Crippen molar-refractivity contribution in [3.63, 3.8) is 0 Å². The van der Waals surface area contributed by atoms with Gasteiger partial charge in [0.2, 0.25) is 0 Å². The van der Waals surface area contributed by atoms with E-state index in [0.29, 0.717) is 23.4 Å². The van der Waals surface area contributed by atoms with Crippen molar-refractivity contribution in [2.75, 3.05) is 0 Å². The molecule has 90 valence electrons. The quantitative estimate of drug-likeness (QED) is 0.805. The number of aromatic hydroxyl groups is 1. The van der Waals surface area contributed by atoms with Gasteiger partial charge in [-0.15, -0.1) is 0 Å². The van der Waals surface area contributed by atoms with Gasteiger partial charge in [-0.25, -0.2) is 0 Å². The summed E-state index contributed by atoms with van der Waals surface area (Å²) in [5.74, 6) is 1.70. The van der Waals surface area contributed by atoms with Crippen LogP contribution in [0.5, 0.6) is 5.75 Å². The van der Waals surface area contributed by atoms with Crippen LogP contribution in [-0.4, -0.2) is 10.9 Å². The Kier molecular flexibility index (Phi) is 2.65. The maximum atomic E-state index is 11.8. The van der Waals surface area contributed by atoms with Gasteiger partial charge >= 0.3 is 0 Å². The molecule has 1 fully saturated rings. The summed E-state index contributed by atoms with van der Waals surface area (Å²) in [4.78, 5) is 11.8. The molecular weight excluding hydrogens is 212 g/mol. The Bertz CT molecular complexity index is 450. The summed E-state index contributed by atoms with van der Waals surface area (Å²) in [6, 6.07) is 5.66. The van der Waals surface area contributed by atoms with Crippen LogP contribution in [0.2, 0.25) is 0 Å². The normalized spacial score (nSPS) is 28.1. The van der Waals surface area contributed by atoms with Crippen molar-refractivity contribution >= 4 is 5.78 Å². The van der Waals surface area contributed by atoms with Crippen molar-refractivity contribution in [2.24, 2.45) is 11.8 Å². The molecule has 2 heteroatoms. The molecule has 2 unspecified atom stereocenters. The predicted octanol–water partition coefficient (Wildman–Crippen LogP) is 2.87. The number of fused-ring (bicyclic) bond motifs is 1. The van der Waals surface area contributed by atoms with Crippen molar-refractivity contribution in [1.29, 1.82) is 0 Å². The first-order valence-electron chi connectivity index (χ1n) is 6.57. The van der Waals surface area contributed by atoms with E-state index in [1.165, 1.54) is 11.1 Å². The van der Waals surface area contributed by atoms with Crippen LogP contribution in [0.25, 0.3) is 0 Å². The molecule has 0 heterocycles. The van der Waals surface area contributed by atoms with Gasteiger partial charge in [-0.05, 0) is 61.3 Å². The zero-order chi connectivity index (χ0) is 11.8. The Labute approximate surface area is 102 Å². The predicted molar refractivity (Wildman–Crippen MR) is 66.0 cm³/mol. The molecule has 0 bridgehead atoms. The van der Waals surface area contributed by atoms with Crippen LogP contribution in [0, 0.1) is 11.8 Å². The molecule has 1 aromatic rings. The van der Waals surface area contributed by atoms with Gasteiger partial charge in [-0.1, -0.05) is 6.07 Å². The van der Waals surface area contributed by atoms with Gasteiger partial charge in [0.05, 0.1) is 0 Å². The third-order valence-electron chi connectivity index (χ3n) is 4.38. The second-order valence-corrected chi connectivity index (χ2v) is 5.42. The van der Waals surface area contributed by atoms with E-state index in [0.717, 1.165) is 38.5 Å². The fourth-order valence-corrected chi connectivity index (χ4v) is 3.45. The number of hydrogen-bond donors (Lipinski definition) is 1. The van der Waals surface area contributed by atoms with Gasteiger partial charge in [0, 0.05) is 12.3 Å². The highest BCUT2D eigenvalue weighted by molar-refractivity contribution is 5.83. The smallest absolute Gasteiger partial charge is 0.136 e. The van der Waals surface area contributed by atoms with Crippen LogP contribution in [-0.2, 0) is 17.6 Å². The van der Waals surface area contributed by atoms with E-state index in [2.05, 4.69) is 0 Å². The maximum absolute atomic E-state index is 11.8. The number of rotatable bonds is 1. The topological polar surface area (TPSA) is 37.3 Å². The van der Waals surface area contributed by atoms with Gasteiger partial charge in [-0.3, -0.25) is 4.79 Å². The second kappa shape index (κ2) is 4.17. The van der Waals surface area contributed by atoms with Crippen LogP contribution in [0.3, 0.4) is 0 Å². The second-order valence-electron chi connectivity index (χ2n) is 5.42. The number of carbonyl (C=O) groups excluding carboxylic acids is 1. The van der Waals surface area contributed by atoms with Crippen molar-refractivity contribution in [3.05, 3.63) is 29.3 Å². The minimum Gasteiger partial charge on any atom is -0.508 e. The van der Waals surface area contributed by atoms with E-state index in [1.54, 1.807) is 6.07 Å². The number of benzene rings is 1. The summed E-state index contributed by atoms with van der Waals surface area (Å²) in [5, 5.41) is 9.45. The molecule has 0 saturated heterocycles. The third-order valence-corrected chi connectivity index (χ3v) is 4.38. The molecule has 0 aromatic heterocycles. The number of phenols is 1. The SMILES string of the molecule is O=C1CCCC1C1CCc2cc(O)ccc2C1. The minimum atomic E-state index is 0.317. The molecule has 1 N–H and O–H groups in total. The van der Waals surface area contributed by atoms with Crippen LogP contribution >= 0.6 is 0 Å². The van der Waals surface area contributed by atoms with Crippen LogP contribution in [0.4, 0.5) is 0 Å². The Morgan fingerprint density at radius 3 is 2.76 bits per heavy atom. The molecule has 1 aromatic carbocycles. The lowest BCUT2D eigenvalue weighted by Gasteiger charge is -2.28. The average molecular weight is 230 g/mol. The fraction of sp³-hybridized carbons (Fsp3) is 0.533. The first-order valence-corrected chi connectivity index (χ1v) is 6.57. The molecule has 2 atom stereocenters. The molecule has 2 aliphatic carbocycles. The zero-order valence-corrected chi connectivity index (χ0v) is 9.98. The average Bonchev–Trinajstić information content (AvgIpc) is 2.75. The van der Waals surface area contributed by atoms with Crippen LogP contribution in [0.1, 0.15) is 36.8 Å². The van der Waals surface area contributed by atoms with E-state index >= 15 is 0 Å². The summed E-state index contributed by atoms with van der Waals surface area (Å²) in [5.41, 5.74) is 2.60. The lowest BCUT2D eigenvalue weighted by atomic mass is 9.76. The molecule has 0 spiro atoms. The molecule has 0 aliphatic heterocycles. The van der Waals surface area contributed by atoms with Crippen molar-refractivity contribution in [2.45, 2.75) is 38.5 Å². The van der Waals surface area contributed by atoms with E-state index in [1.807, 2.05) is 12.1 Å². The summed E-state index contributed by atoms with van der Waals surface area (Å²) in [7, 11) is 0. The highest BCUT2D eigenvalue weighted by atomic mass is 16.3. The summed E-state index contributed by atoms with van der Waals surface area (Å²) < 4.78 is 0. The largest absolute Gasteiger partial charge is 0.508 e. The molecule has 3 rings (SSSR count). The number of carbonyl (C=O) groups is 1. The highest BCUT2D eigenvalue weighted by Gasteiger charge is 2.33. The van der Waals surface area contributed by atoms with Crippen molar-refractivity contribution in [1.82, 2.24) is 0 Å². The van der Waals surface area contributed by atoms with E-state index in [4.69, 9.17) is 0 Å². The van der Waals surface area contributed by atoms with Crippen LogP contribution < -0.4 is 0 Å². The van der Waals surface area contributed by atoms with Crippen LogP contribution in [0.15, 0.2) is 18.2 Å². The number of hydrogen-bond acceptors (Lipinski definition) is 2. The maximum Gasteiger partial charge on any atom is 0.136 e. The Morgan fingerprint density at radius 2 is 2.00 bits per heavy atom. The Morgan fingerprint density at radius 1 is 1.12 bits per heavy atom. The number of Topliss-reactive ketones (excluding diaryl/α,β-unsaturated/α-hetero) is 1. The van der Waals surface area contributed by atoms with Gasteiger partial charge in [0.15, 0.2) is 0 Å². The lowest BCUT2D eigenvalue weighted by Crippen LogP contribution is -2.25. The molecule has 17 heavy (non-hydrogen) atoms. The zero-order valence-electron chi connectivity index (χ0n) is 9.98. The van der Waals surface area contributed by atoms with Gasteiger partial charge in [-0.2, -0.15) is 0 Å². The Balaban J connectivity index is 1.80. The Hall–Kier alpha value is -1.31. The van der Waals surface area contributed by atoms with Crippen molar-refractivity contribution < 1.29 is 9.90 Å². The standard InChI is InChI=1S/C15H18O2/c16-13-7-6-10-8-12(5-4-11(10)9-13)14-2-1-3-15(14)17/h6-7,9,12,14,16H,1-5,8H2. The first kappa shape index (κ1) is 10.8.